The molecule has 0 radical (unpaired) electrons. The van der Waals surface area contributed by atoms with E-state index in [-0.39, 0.29) is 17.5 Å². The number of halogens is 3. The zero-order valence-electron chi connectivity index (χ0n) is 41.1. The monoisotopic (exact) mass is 1070 g/mol. The van der Waals surface area contributed by atoms with Gasteiger partial charge in [0.05, 0.1) is 58.4 Å². The predicted octanol–water partition coefficient (Wildman–Crippen LogP) is 6.52. The van der Waals surface area contributed by atoms with E-state index in [1.54, 1.807) is 18.2 Å². The molecule has 0 unspecified atom stereocenters. The molecule has 3 aromatic heterocycles. The maximum atomic E-state index is 13.8. The number of nitrogen functional groups attached to an aromatic ring is 3. The number of rotatable bonds is 10. The van der Waals surface area contributed by atoms with Gasteiger partial charge in [-0.15, -0.1) is 0 Å². The summed E-state index contributed by atoms with van der Waals surface area (Å²) < 4.78 is 41.4. The summed E-state index contributed by atoms with van der Waals surface area (Å²) in [7, 11) is 0. The molecule has 0 amide bonds. The van der Waals surface area contributed by atoms with Crippen molar-refractivity contribution >= 4 is 85.6 Å². The average molecular weight is 1070 g/mol. The number of nitrogens with zero attached hydrogens (tertiary/aromatic N) is 3. The van der Waals surface area contributed by atoms with Gasteiger partial charge in [0.1, 0.15) is 17.5 Å². The van der Waals surface area contributed by atoms with E-state index in [1.807, 2.05) is 18.2 Å². The molecule has 0 atom stereocenters. The molecule has 6 bridgehead atoms. The normalized spacial score (nSPS) is 20.5. The highest BCUT2D eigenvalue weighted by Gasteiger charge is 2.44. The number of carboxylic acids is 6. The Morgan fingerprint density at radius 1 is 0.442 bits per heavy atom. The summed E-state index contributed by atoms with van der Waals surface area (Å²) in [6, 6.07) is 15.0. The minimum atomic E-state index is -2.74. The fraction of sp³-hybridized carbons (Fsp3) is 0.389. The number of nitrogens with two attached hydrogens (primary N) is 3. The van der Waals surface area contributed by atoms with Crippen molar-refractivity contribution in [3.05, 3.63) is 106 Å². The number of pyridine rings is 3. The molecule has 14 N–H and O–H groups in total. The fourth-order valence-electron chi connectivity index (χ4n) is 11.4. The van der Waals surface area contributed by atoms with Crippen LogP contribution in [0.3, 0.4) is 0 Å². The lowest BCUT2D eigenvalue weighted by atomic mass is 9.64. The van der Waals surface area contributed by atoms with Crippen LogP contribution in [-0.4, -0.2) is 103 Å². The van der Waals surface area contributed by atoms with Crippen molar-refractivity contribution in [2.45, 2.75) is 112 Å². The van der Waals surface area contributed by atoms with Gasteiger partial charge in [0.25, 0.3) is 0 Å². The molecule has 9 aliphatic rings. The number of hydrogen-bond acceptors (Lipinski definition) is 14. The molecular weight excluding hydrogens is 1010 g/mol. The summed E-state index contributed by atoms with van der Waals surface area (Å²) in [4.78, 5) is 74.9. The van der Waals surface area contributed by atoms with Crippen LogP contribution in [0.4, 0.5) is 30.2 Å². The van der Waals surface area contributed by atoms with E-state index >= 15 is 0 Å². The summed E-state index contributed by atoms with van der Waals surface area (Å²) in [5, 5.41) is 69.1. The second-order valence-electron chi connectivity index (χ2n) is 20.7. The number of carboxylic acid groups (broad SMARTS) is 6. The quantitative estimate of drug-likeness (QED) is 0.0695. The van der Waals surface area contributed by atoms with Gasteiger partial charge >= 0.3 is 35.8 Å². The zero-order valence-corrected chi connectivity index (χ0v) is 41.1. The largest absolute Gasteiger partial charge is 0.481 e. The van der Waals surface area contributed by atoms with Gasteiger partial charge in [0, 0.05) is 51.9 Å². The minimum absolute atomic E-state index is 0.255. The van der Waals surface area contributed by atoms with Crippen LogP contribution in [-0.2, 0) is 48.0 Å². The van der Waals surface area contributed by atoms with Gasteiger partial charge < -0.3 is 58.1 Å². The van der Waals surface area contributed by atoms with Gasteiger partial charge in [-0.25, -0.2) is 22.8 Å². The number of aliphatic carboxylic acids is 6. The Morgan fingerprint density at radius 2 is 0.675 bits per heavy atom. The van der Waals surface area contributed by atoms with Crippen molar-refractivity contribution in [3.63, 3.8) is 0 Å². The Morgan fingerprint density at radius 3 is 0.883 bits per heavy atom. The van der Waals surface area contributed by atoms with Crippen molar-refractivity contribution in [2.75, 3.05) is 17.2 Å². The third kappa shape index (κ3) is 11.2. The molecule has 23 heteroatoms. The fourth-order valence-corrected chi connectivity index (χ4v) is 11.4. The van der Waals surface area contributed by atoms with E-state index in [4.69, 9.17) is 58.1 Å². The molecule has 77 heavy (non-hydrogen) atoms. The molecule has 3 fully saturated rings. The second kappa shape index (κ2) is 21.4. The van der Waals surface area contributed by atoms with E-state index in [1.165, 1.54) is 56.7 Å². The Balaban J connectivity index is 0.000000128. The highest BCUT2D eigenvalue weighted by atomic mass is 19.1. The number of aliphatic hydroxyl groups is 2. The van der Waals surface area contributed by atoms with Crippen LogP contribution in [0.2, 0.25) is 0 Å². The lowest BCUT2D eigenvalue weighted by Gasteiger charge is -2.42. The smallest absolute Gasteiger partial charge is 0.336 e. The minimum Gasteiger partial charge on any atom is -0.481 e. The van der Waals surface area contributed by atoms with Crippen molar-refractivity contribution in [1.82, 2.24) is 15.0 Å². The van der Waals surface area contributed by atoms with E-state index < -0.39 is 72.7 Å². The van der Waals surface area contributed by atoms with Crippen LogP contribution in [0.15, 0.2) is 54.6 Å². The molecule has 6 aromatic rings. The molecule has 0 aliphatic heterocycles. The van der Waals surface area contributed by atoms with Crippen LogP contribution in [0, 0.1) is 35.2 Å². The van der Waals surface area contributed by atoms with Gasteiger partial charge in [-0.3, -0.25) is 34.1 Å². The highest BCUT2D eigenvalue weighted by molar-refractivity contribution is 5.95. The van der Waals surface area contributed by atoms with Gasteiger partial charge in [-0.05, 0) is 129 Å². The molecule has 0 saturated heterocycles. The first-order valence-electron chi connectivity index (χ1n) is 24.6. The van der Waals surface area contributed by atoms with E-state index in [2.05, 4.69) is 15.0 Å². The summed E-state index contributed by atoms with van der Waals surface area (Å²) in [6.07, 6.45) is 5.78. The molecule has 3 aromatic carbocycles. The summed E-state index contributed by atoms with van der Waals surface area (Å²) in [5.74, 6) is -6.85. The third-order valence-electron chi connectivity index (χ3n) is 15.3. The van der Waals surface area contributed by atoms with Crippen molar-refractivity contribution in [2.24, 2.45) is 17.8 Å². The molecule has 15 rings (SSSR count). The predicted molar refractivity (Wildman–Crippen MR) is 270 cm³/mol. The molecular formula is C54H55F3N6O14. The third-order valence-corrected chi connectivity index (χ3v) is 15.3. The first kappa shape index (κ1) is 55.1. The Labute approximate surface area is 435 Å². The first-order chi connectivity index (χ1) is 36.3. The van der Waals surface area contributed by atoms with Gasteiger partial charge in [0.15, 0.2) is 11.2 Å². The molecule has 9 aliphatic carbocycles. The summed E-state index contributed by atoms with van der Waals surface area (Å²) in [6.45, 7) is 0. The van der Waals surface area contributed by atoms with Gasteiger partial charge in [-0.2, -0.15) is 0 Å². The number of anilines is 3. The lowest BCUT2D eigenvalue weighted by Crippen LogP contribution is -2.42. The summed E-state index contributed by atoms with van der Waals surface area (Å²) in [5.41, 5.74) is 23.6. The van der Waals surface area contributed by atoms with Crippen LogP contribution >= 0.6 is 0 Å². The van der Waals surface area contributed by atoms with Crippen LogP contribution < -0.4 is 17.2 Å². The van der Waals surface area contributed by atoms with Crippen molar-refractivity contribution < 1.29 is 82.8 Å². The maximum absolute atomic E-state index is 13.8. The standard InChI is InChI=1S/3C14H13FN2.2C6H8O7/c3*15-10-2-1-3-11-12(10)13(16)9-6-7-4-8(5-7)14(9)17-11;2*7-3(8)1-6(13,5(11)12)2-4(9)10/h3*1-3,7-8H,4-6H2,(H2,16,17);2*13H,1-2H2,(H,7,8)(H,9,10)(H,11,12). The number of fused-ring (bicyclic) bond motifs is 3. The van der Waals surface area contributed by atoms with Crippen LogP contribution in [0.25, 0.3) is 32.7 Å². The van der Waals surface area contributed by atoms with E-state index in [9.17, 15) is 41.9 Å². The van der Waals surface area contributed by atoms with Gasteiger partial charge in [-0.1, -0.05) is 18.2 Å². The van der Waals surface area contributed by atoms with Crippen molar-refractivity contribution in [3.8, 4) is 0 Å². The molecule has 406 valence electrons. The Bertz CT molecular complexity index is 3040. The topological polar surface area (TPSA) is 381 Å². The summed E-state index contributed by atoms with van der Waals surface area (Å²) >= 11 is 0. The second-order valence-corrected chi connectivity index (χ2v) is 20.7. The molecule has 3 heterocycles. The maximum Gasteiger partial charge on any atom is 0.336 e. The van der Waals surface area contributed by atoms with E-state index in [0.29, 0.717) is 67.5 Å². The van der Waals surface area contributed by atoms with Gasteiger partial charge in [0.2, 0.25) is 0 Å². The highest BCUT2D eigenvalue weighted by Crippen LogP contribution is 2.53. The number of carbonyl (C=O) groups is 6. The Hall–Kier alpha value is -8.18. The van der Waals surface area contributed by atoms with E-state index in [0.717, 1.165) is 70.8 Å². The zero-order chi connectivity index (χ0) is 56.0. The number of aromatic nitrogens is 3. The SMILES string of the molecule is Nc1c2c(nc3cccc(F)c13)C1CC(C2)C1.Nc1c2c(nc3cccc(F)c13)C1CC(C2)C1.Nc1c2c(nc3cccc(F)c13)C1CC(C2)C1.O=C(O)CC(O)(CC(=O)O)C(=O)O.O=C(O)CC(O)(CC(=O)O)C(=O)O. The average Bonchev–Trinajstić information content (AvgIpc) is 3.30. The number of benzene rings is 3. The molecule has 0 spiro atoms. The lowest BCUT2D eigenvalue weighted by molar-refractivity contribution is -0.170. The Kier molecular flexibility index (Phi) is 15.3. The number of hydrogen-bond donors (Lipinski definition) is 11. The molecule has 20 nitrogen and oxygen atoms in total. The first-order valence-corrected chi connectivity index (χ1v) is 24.6. The van der Waals surface area contributed by atoms with Crippen molar-refractivity contribution in [1.29, 1.82) is 0 Å². The van der Waals surface area contributed by atoms with Crippen LogP contribution in [0.5, 0.6) is 0 Å². The molecule has 3 saturated carbocycles. The van der Waals surface area contributed by atoms with Crippen LogP contribution in [0.1, 0.15) is 116 Å².